The summed E-state index contributed by atoms with van der Waals surface area (Å²) in [5.41, 5.74) is 7.34. The van der Waals surface area contributed by atoms with Crippen LogP contribution in [-0.4, -0.2) is 17.9 Å². The van der Waals surface area contributed by atoms with Crippen LogP contribution in [0.25, 0.3) is 28.5 Å². The third-order valence-electron chi connectivity index (χ3n) is 4.86. The predicted molar refractivity (Wildman–Crippen MR) is 116 cm³/mol. The maximum absolute atomic E-state index is 12.3. The van der Waals surface area contributed by atoms with E-state index < -0.39 is 0 Å². The number of allylic oxidation sites excluding steroid dienone is 1. The van der Waals surface area contributed by atoms with Crippen LogP contribution in [0.15, 0.2) is 54.6 Å². The van der Waals surface area contributed by atoms with Crippen LogP contribution in [0.4, 0.5) is 0 Å². The second-order valence-electron chi connectivity index (χ2n) is 6.88. The molecule has 0 N–H and O–H groups in total. The Morgan fingerprint density at radius 1 is 0.929 bits per heavy atom. The lowest BCUT2D eigenvalue weighted by Crippen LogP contribution is -2.07. The van der Waals surface area contributed by atoms with Crippen LogP contribution >= 0.6 is 0 Å². The largest absolute Gasteiger partial charge is 0.494 e. The van der Waals surface area contributed by atoms with Crippen LogP contribution in [0.1, 0.15) is 41.0 Å². The first-order valence-electron chi connectivity index (χ1n) is 9.36. The van der Waals surface area contributed by atoms with Gasteiger partial charge in [0.15, 0.2) is 11.5 Å². The van der Waals surface area contributed by atoms with Gasteiger partial charge in [-0.15, -0.1) is 0 Å². The van der Waals surface area contributed by atoms with Gasteiger partial charge in [0, 0.05) is 5.56 Å². The highest BCUT2D eigenvalue weighted by atomic mass is 16.5. The van der Waals surface area contributed by atoms with Crippen molar-refractivity contribution >= 4 is 11.9 Å². The Bertz CT molecular complexity index is 1030. The number of pyridine rings is 1. The highest BCUT2D eigenvalue weighted by Crippen LogP contribution is 2.36. The van der Waals surface area contributed by atoms with Crippen molar-refractivity contribution in [2.45, 2.75) is 27.7 Å². The minimum atomic E-state index is -0.0278. The Labute approximate surface area is 166 Å². The molecule has 28 heavy (non-hydrogen) atoms. The van der Waals surface area contributed by atoms with Crippen LogP contribution in [0.2, 0.25) is 0 Å². The van der Waals surface area contributed by atoms with E-state index in [-0.39, 0.29) is 5.78 Å². The van der Waals surface area contributed by atoms with Gasteiger partial charge in [-0.05, 0) is 50.5 Å². The van der Waals surface area contributed by atoms with Gasteiger partial charge in [-0.1, -0.05) is 60.2 Å². The van der Waals surface area contributed by atoms with Crippen LogP contribution < -0.4 is 4.74 Å². The van der Waals surface area contributed by atoms with E-state index in [9.17, 15) is 4.79 Å². The Morgan fingerprint density at radius 3 is 1.96 bits per heavy atom. The monoisotopic (exact) mass is 371 g/mol. The number of aryl methyl sites for hydroxylation is 1. The normalized spacial score (nSPS) is 11.0. The van der Waals surface area contributed by atoms with Crippen LogP contribution in [0, 0.1) is 13.8 Å². The molecule has 0 unspecified atom stereocenters. The molecule has 0 atom stereocenters. The molecule has 142 valence electrons. The number of benzene rings is 2. The number of hydrogen-bond donors (Lipinski definition) is 0. The SMILES string of the molecule is C/C=C\c1nc(-c2ccc(-c3ccc(C)cc3)cc2)c(OC)c(C(C)=O)c1C. The highest BCUT2D eigenvalue weighted by Gasteiger charge is 2.21. The summed E-state index contributed by atoms with van der Waals surface area (Å²) < 4.78 is 5.63. The van der Waals surface area contributed by atoms with E-state index in [1.165, 1.54) is 11.1 Å². The van der Waals surface area contributed by atoms with Crippen molar-refractivity contribution < 1.29 is 9.53 Å². The molecule has 0 amide bonds. The number of carbonyl (C=O) groups is 1. The Balaban J connectivity index is 2.14. The third kappa shape index (κ3) is 3.74. The summed E-state index contributed by atoms with van der Waals surface area (Å²) in [7, 11) is 1.59. The number of carbonyl (C=O) groups excluding carboxylic acids is 1. The molecule has 3 aromatic rings. The summed E-state index contributed by atoms with van der Waals surface area (Å²) in [5, 5.41) is 0. The molecule has 0 fully saturated rings. The van der Waals surface area contributed by atoms with Crippen molar-refractivity contribution in [2.75, 3.05) is 7.11 Å². The standard InChI is InChI=1S/C25H25NO2/c1-6-7-22-17(3)23(18(4)27)25(28-5)24(26-22)21-14-12-20(13-15-21)19-10-8-16(2)9-11-19/h6-15H,1-5H3/b7-6-. The van der Waals surface area contributed by atoms with Gasteiger partial charge in [-0.2, -0.15) is 0 Å². The number of ketones is 1. The molecule has 3 heteroatoms. The second kappa shape index (κ2) is 8.22. The minimum absolute atomic E-state index is 0.0278. The summed E-state index contributed by atoms with van der Waals surface area (Å²) >= 11 is 0. The Morgan fingerprint density at radius 2 is 1.46 bits per heavy atom. The van der Waals surface area contributed by atoms with E-state index in [0.29, 0.717) is 17.0 Å². The summed E-state index contributed by atoms with van der Waals surface area (Å²) in [4.78, 5) is 17.1. The van der Waals surface area contributed by atoms with Crippen molar-refractivity contribution in [1.82, 2.24) is 4.98 Å². The Kier molecular flexibility index (Phi) is 5.74. The third-order valence-corrected chi connectivity index (χ3v) is 4.86. The fourth-order valence-electron chi connectivity index (χ4n) is 3.38. The molecule has 0 aliphatic carbocycles. The van der Waals surface area contributed by atoms with E-state index in [2.05, 4.69) is 43.3 Å². The molecule has 0 saturated heterocycles. The van der Waals surface area contributed by atoms with Gasteiger partial charge in [0.05, 0.1) is 18.4 Å². The Hall–Kier alpha value is -3.20. The number of hydrogen-bond acceptors (Lipinski definition) is 3. The maximum Gasteiger partial charge on any atom is 0.163 e. The van der Waals surface area contributed by atoms with E-state index >= 15 is 0 Å². The van der Waals surface area contributed by atoms with Gasteiger partial charge in [0.1, 0.15) is 5.69 Å². The number of rotatable bonds is 5. The molecule has 0 aliphatic rings. The zero-order chi connectivity index (χ0) is 20.3. The minimum Gasteiger partial charge on any atom is -0.494 e. The van der Waals surface area contributed by atoms with Crippen molar-refractivity contribution in [3.05, 3.63) is 77.0 Å². The highest BCUT2D eigenvalue weighted by molar-refractivity contribution is 6.01. The molecule has 3 nitrogen and oxygen atoms in total. The fraction of sp³-hybridized carbons (Fsp3) is 0.200. The average molecular weight is 371 g/mol. The quantitative estimate of drug-likeness (QED) is 0.496. The first kappa shape index (κ1) is 19.6. The zero-order valence-electron chi connectivity index (χ0n) is 17.0. The van der Waals surface area contributed by atoms with Gasteiger partial charge in [-0.25, -0.2) is 4.98 Å². The van der Waals surface area contributed by atoms with E-state index in [1.807, 2.05) is 38.1 Å². The smallest absolute Gasteiger partial charge is 0.163 e. The van der Waals surface area contributed by atoms with Crippen LogP contribution in [0.3, 0.4) is 0 Å². The lowest BCUT2D eigenvalue weighted by Gasteiger charge is -2.16. The molecule has 0 radical (unpaired) electrons. The number of Topliss-reactive ketones (excluding diaryl/α,β-unsaturated/α-hetero) is 1. The summed E-state index contributed by atoms with van der Waals surface area (Å²) in [6, 6.07) is 16.7. The van der Waals surface area contributed by atoms with Crippen molar-refractivity contribution in [3.8, 4) is 28.1 Å². The number of aromatic nitrogens is 1. The van der Waals surface area contributed by atoms with Crippen LogP contribution in [0.5, 0.6) is 5.75 Å². The fourth-order valence-corrected chi connectivity index (χ4v) is 3.38. The topological polar surface area (TPSA) is 39.2 Å². The molecular weight excluding hydrogens is 346 g/mol. The van der Waals surface area contributed by atoms with Gasteiger partial charge in [0.25, 0.3) is 0 Å². The molecule has 0 saturated carbocycles. The molecular formula is C25H25NO2. The van der Waals surface area contributed by atoms with Crippen LogP contribution in [-0.2, 0) is 0 Å². The van der Waals surface area contributed by atoms with E-state index in [1.54, 1.807) is 14.0 Å². The predicted octanol–water partition coefficient (Wildman–Crippen LogP) is 6.28. The molecule has 0 spiro atoms. The van der Waals surface area contributed by atoms with E-state index in [4.69, 9.17) is 9.72 Å². The van der Waals surface area contributed by atoms with Gasteiger partial charge < -0.3 is 4.74 Å². The van der Waals surface area contributed by atoms with Gasteiger partial charge in [-0.3, -0.25) is 4.79 Å². The van der Waals surface area contributed by atoms with Crippen molar-refractivity contribution in [3.63, 3.8) is 0 Å². The van der Waals surface area contributed by atoms with Crippen molar-refractivity contribution in [2.24, 2.45) is 0 Å². The molecule has 1 aromatic heterocycles. The second-order valence-corrected chi connectivity index (χ2v) is 6.88. The maximum atomic E-state index is 12.3. The first-order chi connectivity index (χ1) is 13.5. The average Bonchev–Trinajstić information content (AvgIpc) is 2.69. The molecule has 3 rings (SSSR count). The van der Waals surface area contributed by atoms with E-state index in [0.717, 1.165) is 22.4 Å². The summed E-state index contributed by atoms with van der Waals surface area (Å²) in [6.45, 7) is 7.49. The summed E-state index contributed by atoms with van der Waals surface area (Å²) in [6.07, 6.45) is 3.85. The molecule has 1 heterocycles. The van der Waals surface area contributed by atoms with Gasteiger partial charge >= 0.3 is 0 Å². The lowest BCUT2D eigenvalue weighted by atomic mass is 9.97. The number of nitrogens with zero attached hydrogens (tertiary/aromatic N) is 1. The first-order valence-corrected chi connectivity index (χ1v) is 9.36. The summed E-state index contributed by atoms with van der Waals surface area (Å²) in [5.74, 6) is 0.501. The number of methoxy groups -OCH3 is 1. The molecule has 0 aliphatic heterocycles. The zero-order valence-corrected chi connectivity index (χ0v) is 17.0. The van der Waals surface area contributed by atoms with Gasteiger partial charge in [0.2, 0.25) is 0 Å². The number of ether oxygens (including phenoxy) is 1. The molecule has 2 aromatic carbocycles. The lowest BCUT2D eigenvalue weighted by molar-refractivity contribution is 0.101. The molecule has 0 bridgehead atoms. The van der Waals surface area contributed by atoms with Crippen molar-refractivity contribution in [1.29, 1.82) is 0 Å².